The molecule has 2 atom stereocenters. The third-order valence-electron chi connectivity index (χ3n) is 1.74. The van der Waals surface area contributed by atoms with E-state index in [2.05, 4.69) is 13.8 Å². The number of aliphatic carboxylic acids is 1. The Hall–Kier alpha value is -0.180. The van der Waals surface area contributed by atoms with E-state index >= 15 is 0 Å². The molecule has 0 fully saturated rings. The lowest BCUT2D eigenvalue weighted by Gasteiger charge is -2.14. The van der Waals surface area contributed by atoms with Gasteiger partial charge < -0.3 is 5.11 Å². The molecule has 0 heterocycles. The molecule has 0 bridgehead atoms. The van der Waals surface area contributed by atoms with Crippen molar-refractivity contribution in [2.75, 3.05) is 0 Å². The first-order chi connectivity index (χ1) is 5.61. The van der Waals surface area contributed by atoms with Gasteiger partial charge in [0.15, 0.2) is 0 Å². The van der Waals surface area contributed by atoms with Crippen LogP contribution in [0.15, 0.2) is 0 Å². The van der Waals surface area contributed by atoms with Crippen molar-refractivity contribution in [2.24, 2.45) is 0 Å². The zero-order valence-corrected chi connectivity index (χ0v) is 8.86. The van der Waals surface area contributed by atoms with Gasteiger partial charge in [-0.25, -0.2) is 0 Å². The third kappa shape index (κ3) is 4.65. The van der Waals surface area contributed by atoms with Gasteiger partial charge in [0.1, 0.15) is 5.25 Å². The second-order valence-electron chi connectivity index (χ2n) is 2.97. The molecule has 0 aromatic rings. The number of hydrogen-bond acceptors (Lipinski definition) is 2. The molecule has 0 rings (SSSR count). The molecular weight excluding hydrogens is 172 g/mol. The van der Waals surface area contributed by atoms with Crippen molar-refractivity contribution >= 4 is 17.7 Å². The van der Waals surface area contributed by atoms with Gasteiger partial charge in [-0.1, -0.05) is 27.2 Å². The average Bonchev–Trinajstić information content (AvgIpc) is 2.00. The summed E-state index contributed by atoms with van der Waals surface area (Å²) in [6.45, 7) is 6.14. The van der Waals surface area contributed by atoms with Gasteiger partial charge >= 0.3 is 5.97 Å². The summed E-state index contributed by atoms with van der Waals surface area (Å²) in [6, 6.07) is 0. The van der Waals surface area contributed by atoms with Gasteiger partial charge in [0, 0.05) is 5.25 Å². The molecule has 2 nitrogen and oxygen atoms in total. The van der Waals surface area contributed by atoms with Crippen molar-refractivity contribution in [2.45, 2.75) is 50.5 Å². The van der Waals surface area contributed by atoms with Crippen molar-refractivity contribution in [1.82, 2.24) is 0 Å². The number of carboxylic acid groups (broad SMARTS) is 1. The van der Waals surface area contributed by atoms with E-state index in [0.29, 0.717) is 11.7 Å². The van der Waals surface area contributed by atoms with Gasteiger partial charge in [-0.15, -0.1) is 11.8 Å². The Balaban J connectivity index is 3.77. The molecule has 0 saturated carbocycles. The fraction of sp³-hybridized carbons (Fsp3) is 0.889. The van der Waals surface area contributed by atoms with Gasteiger partial charge in [0.05, 0.1) is 0 Å². The zero-order valence-electron chi connectivity index (χ0n) is 8.04. The Kier molecular flexibility index (Phi) is 6.25. The third-order valence-corrected chi connectivity index (χ3v) is 3.30. The SMILES string of the molecule is CCCC(C)SC(CC)C(=O)O. The van der Waals surface area contributed by atoms with Gasteiger partial charge in [-0.2, -0.15) is 0 Å². The summed E-state index contributed by atoms with van der Waals surface area (Å²) in [5.41, 5.74) is 0. The summed E-state index contributed by atoms with van der Waals surface area (Å²) in [5, 5.41) is 9.02. The van der Waals surface area contributed by atoms with E-state index in [9.17, 15) is 4.79 Å². The fourth-order valence-electron chi connectivity index (χ4n) is 1.08. The number of thioether (sulfide) groups is 1. The second kappa shape index (κ2) is 6.35. The van der Waals surface area contributed by atoms with Crippen molar-refractivity contribution in [1.29, 1.82) is 0 Å². The summed E-state index contributed by atoms with van der Waals surface area (Å²) in [5.74, 6) is -0.676. The summed E-state index contributed by atoms with van der Waals surface area (Å²) in [6.07, 6.45) is 2.95. The maximum absolute atomic E-state index is 10.6. The summed E-state index contributed by atoms with van der Waals surface area (Å²) >= 11 is 1.58. The molecule has 0 amide bonds. The minimum absolute atomic E-state index is 0.216. The topological polar surface area (TPSA) is 37.3 Å². The number of carbonyl (C=O) groups is 1. The fourth-order valence-corrected chi connectivity index (χ4v) is 2.33. The molecular formula is C9H18O2S. The van der Waals surface area contributed by atoms with Crippen molar-refractivity contribution in [3.8, 4) is 0 Å². The first-order valence-corrected chi connectivity index (χ1v) is 5.44. The van der Waals surface area contributed by atoms with Gasteiger partial charge in [0.25, 0.3) is 0 Å². The van der Waals surface area contributed by atoms with Crippen molar-refractivity contribution < 1.29 is 9.90 Å². The lowest BCUT2D eigenvalue weighted by atomic mass is 10.3. The highest BCUT2D eigenvalue weighted by Crippen LogP contribution is 2.23. The highest BCUT2D eigenvalue weighted by atomic mass is 32.2. The monoisotopic (exact) mass is 190 g/mol. The number of carboxylic acids is 1. The van der Waals surface area contributed by atoms with E-state index in [1.165, 1.54) is 0 Å². The van der Waals surface area contributed by atoms with E-state index in [1.54, 1.807) is 11.8 Å². The molecule has 0 aromatic heterocycles. The van der Waals surface area contributed by atoms with E-state index in [-0.39, 0.29) is 5.25 Å². The molecule has 0 aliphatic heterocycles. The highest BCUT2D eigenvalue weighted by Gasteiger charge is 2.17. The molecule has 2 unspecified atom stereocenters. The second-order valence-corrected chi connectivity index (χ2v) is 4.62. The Morgan fingerprint density at radius 2 is 2.08 bits per heavy atom. The predicted octanol–water partition coefficient (Wildman–Crippen LogP) is 2.77. The van der Waals surface area contributed by atoms with E-state index in [1.807, 2.05) is 6.92 Å². The molecule has 0 aliphatic carbocycles. The van der Waals surface area contributed by atoms with Crippen LogP contribution in [0.5, 0.6) is 0 Å². The normalized spacial score (nSPS) is 15.6. The minimum atomic E-state index is -0.676. The van der Waals surface area contributed by atoms with Crippen LogP contribution in [0.1, 0.15) is 40.0 Å². The van der Waals surface area contributed by atoms with Crippen LogP contribution < -0.4 is 0 Å². The summed E-state index contributed by atoms with van der Waals surface area (Å²) in [7, 11) is 0. The maximum atomic E-state index is 10.6. The highest BCUT2D eigenvalue weighted by molar-refractivity contribution is 8.01. The standard InChI is InChI=1S/C9H18O2S/c1-4-6-7(3)12-8(5-2)9(10)11/h7-8H,4-6H2,1-3H3,(H,10,11). The quantitative estimate of drug-likeness (QED) is 0.699. The Morgan fingerprint density at radius 3 is 2.42 bits per heavy atom. The van der Waals surface area contributed by atoms with Gasteiger partial charge in [-0.05, 0) is 12.8 Å². The van der Waals surface area contributed by atoms with Gasteiger partial charge in [-0.3, -0.25) is 4.79 Å². The van der Waals surface area contributed by atoms with E-state index in [4.69, 9.17) is 5.11 Å². The van der Waals surface area contributed by atoms with E-state index < -0.39 is 5.97 Å². The Labute approximate surface area is 78.7 Å². The molecule has 0 saturated heterocycles. The van der Waals surface area contributed by atoms with Crippen LogP contribution in [0.4, 0.5) is 0 Å². The Bertz CT molecular complexity index is 136. The first-order valence-electron chi connectivity index (χ1n) is 4.50. The van der Waals surface area contributed by atoms with Crippen LogP contribution in [0.3, 0.4) is 0 Å². The first kappa shape index (κ1) is 11.8. The predicted molar refractivity (Wildman–Crippen MR) is 53.7 cm³/mol. The maximum Gasteiger partial charge on any atom is 0.316 e. The van der Waals surface area contributed by atoms with Crippen LogP contribution >= 0.6 is 11.8 Å². The van der Waals surface area contributed by atoms with E-state index in [0.717, 1.165) is 12.8 Å². The van der Waals surface area contributed by atoms with Crippen LogP contribution in [-0.2, 0) is 4.79 Å². The largest absolute Gasteiger partial charge is 0.480 e. The zero-order chi connectivity index (χ0) is 9.56. The molecule has 3 heteroatoms. The molecule has 0 radical (unpaired) electrons. The van der Waals surface area contributed by atoms with Crippen molar-refractivity contribution in [3.63, 3.8) is 0 Å². The lowest BCUT2D eigenvalue weighted by molar-refractivity contribution is -0.136. The van der Waals surface area contributed by atoms with Crippen molar-refractivity contribution in [3.05, 3.63) is 0 Å². The molecule has 0 spiro atoms. The number of hydrogen-bond donors (Lipinski definition) is 1. The van der Waals surface area contributed by atoms with Crippen LogP contribution in [0.25, 0.3) is 0 Å². The smallest absolute Gasteiger partial charge is 0.316 e. The Morgan fingerprint density at radius 1 is 1.50 bits per heavy atom. The molecule has 1 N–H and O–H groups in total. The minimum Gasteiger partial charge on any atom is -0.480 e. The molecule has 0 aromatic carbocycles. The molecule has 12 heavy (non-hydrogen) atoms. The van der Waals surface area contributed by atoms with Crippen LogP contribution in [0, 0.1) is 0 Å². The molecule has 72 valence electrons. The van der Waals surface area contributed by atoms with Crippen LogP contribution in [-0.4, -0.2) is 21.6 Å². The average molecular weight is 190 g/mol. The van der Waals surface area contributed by atoms with Gasteiger partial charge in [0.2, 0.25) is 0 Å². The van der Waals surface area contributed by atoms with Crippen LogP contribution in [0.2, 0.25) is 0 Å². The lowest BCUT2D eigenvalue weighted by Crippen LogP contribution is -2.18. The summed E-state index contributed by atoms with van der Waals surface area (Å²) in [4.78, 5) is 10.6. The number of rotatable bonds is 6. The molecule has 0 aliphatic rings. The summed E-state index contributed by atoms with van der Waals surface area (Å²) < 4.78 is 0.